The summed E-state index contributed by atoms with van der Waals surface area (Å²) in [6, 6.07) is 92.1. The molecule has 11 aromatic rings. The topological polar surface area (TPSA) is 194 Å². The number of likely N-dealkylation sites (tertiary alicyclic amines) is 1. The second-order valence-corrected chi connectivity index (χ2v) is 42.7. The molecule has 11 aromatic carbocycles. The van der Waals surface area contributed by atoms with Crippen molar-refractivity contribution in [2.24, 2.45) is 0 Å². The number of fused-ring (bicyclic) bond motifs is 20. The van der Waals surface area contributed by atoms with Gasteiger partial charge >= 0.3 is 6.09 Å². The van der Waals surface area contributed by atoms with E-state index in [1.54, 1.807) is 25.7 Å². The van der Waals surface area contributed by atoms with Gasteiger partial charge in [0.1, 0.15) is 62.2 Å². The Morgan fingerprint density at radius 2 is 0.532 bits per heavy atom. The van der Waals surface area contributed by atoms with E-state index in [4.69, 9.17) is 28.4 Å². The van der Waals surface area contributed by atoms with Crippen LogP contribution in [0.2, 0.25) is 0 Å². The first-order valence-corrected chi connectivity index (χ1v) is 50.4. The number of benzene rings is 11. The van der Waals surface area contributed by atoms with E-state index in [9.17, 15) is 32.4 Å². The SMILES string of the molecule is CC(=O)N1CC2(OC1(C)C)c1ccccc1C=Cc1ccccc12.CC(=O)N1CC2(OC13CCCCC3)c1ccccc1C=Cc1ccccc12.CC(=O)N1CC2(OC13CCN(C(=O)OC(C)(C)C)CC3)c1ccccc1C=Cc1ccccc12.CC1(C)OC2(CN1C(=O)c1ccccc1)c1ccccc1C=Cc1ccccc12.CC1(C)OC2(CN1S(C)(=O)=O)c1ccccc1C=Cc1ccccc12. The summed E-state index contributed by atoms with van der Waals surface area (Å²) >= 11 is 0. The Hall–Kier alpha value is -13.0. The van der Waals surface area contributed by atoms with Gasteiger partial charge < -0.3 is 52.9 Å². The van der Waals surface area contributed by atoms with E-state index in [0.29, 0.717) is 57.7 Å². The Balaban J connectivity index is 0.000000111. The first-order chi connectivity index (χ1) is 66.5. The summed E-state index contributed by atoms with van der Waals surface area (Å²) < 4.78 is 66.1. The highest BCUT2D eigenvalue weighted by molar-refractivity contribution is 7.88. The molecule has 12 aliphatic rings. The number of sulfonamides is 1. The number of hydrogen-bond acceptors (Lipinski definition) is 13. The molecule has 0 N–H and O–H groups in total. The van der Waals surface area contributed by atoms with Crippen LogP contribution in [0.25, 0.3) is 60.8 Å². The zero-order chi connectivity index (χ0) is 97.5. The van der Waals surface area contributed by atoms with E-state index in [0.717, 1.165) is 115 Å². The average molecular weight is 1880 g/mol. The van der Waals surface area contributed by atoms with Crippen LogP contribution in [0.15, 0.2) is 273 Å². The number of ether oxygens (including phenoxy) is 6. The van der Waals surface area contributed by atoms with Crippen LogP contribution in [0.1, 0.15) is 250 Å². The van der Waals surface area contributed by atoms with Crippen LogP contribution in [0.4, 0.5) is 4.79 Å². The number of carbonyl (C=O) groups is 5. The van der Waals surface area contributed by atoms with Crippen LogP contribution in [0, 0.1) is 0 Å². The van der Waals surface area contributed by atoms with Gasteiger partial charge in [-0.05, 0) is 211 Å². The molecule has 6 heterocycles. The molecule has 1 saturated carbocycles. The van der Waals surface area contributed by atoms with Gasteiger partial charge in [-0.15, -0.1) is 0 Å². The third-order valence-corrected chi connectivity index (χ3v) is 31.0. The molecule has 7 spiro atoms. The fourth-order valence-corrected chi connectivity index (χ4v) is 24.8. The molecule has 0 aromatic heterocycles. The van der Waals surface area contributed by atoms with Crippen molar-refractivity contribution in [1.29, 1.82) is 0 Å². The van der Waals surface area contributed by atoms with Gasteiger partial charge in [0, 0.05) is 52.3 Å². The van der Waals surface area contributed by atoms with Gasteiger partial charge in [0.25, 0.3) is 5.91 Å². The lowest BCUT2D eigenvalue weighted by atomic mass is 9.83. The molecule has 0 atom stereocenters. The fourth-order valence-electron chi connectivity index (χ4n) is 23.5. The molecule has 23 rings (SSSR count). The fraction of sp³-hybridized carbons (Fsp3) is 0.319. The maximum absolute atomic E-state index is 13.4. The quantitative estimate of drug-likeness (QED) is 0.159. The van der Waals surface area contributed by atoms with Gasteiger partial charge in [0.05, 0.1) is 39.0 Å². The molecule has 20 heteroatoms. The minimum Gasteiger partial charge on any atom is -0.444 e. The number of hydrogen-bond donors (Lipinski definition) is 0. The molecule has 7 fully saturated rings. The Bertz CT molecular complexity index is 6670. The van der Waals surface area contributed by atoms with E-state index in [-0.39, 0.29) is 36.3 Å². The summed E-state index contributed by atoms with van der Waals surface area (Å²) in [7, 11) is -3.41. The molecule has 139 heavy (non-hydrogen) atoms. The molecule has 712 valence electrons. The Kier molecular flexibility index (Phi) is 24.8. The van der Waals surface area contributed by atoms with Crippen molar-refractivity contribution in [3.8, 4) is 0 Å². The van der Waals surface area contributed by atoms with E-state index in [2.05, 4.69) is 182 Å². The van der Waals surface area contributed by atoms with Crippen molar-refractivity contribution < 1.29 is 60.8 Å². The highest BCUT2D eigenvalue weighted by Crippen LogP contribution is 2.58. The summed E-state index contributed by atoms with van der Waals surface area (Å²) in [6.45, 7) is 25.2. The zero-order valence-corrected chi connectivity index (χ0v) is 82.4. The van der Waals surface area contributed by atoms with Crippen molar-refractivity contribution in [3.05, 3.63) is 390 Å². The number of carbonyl (C=O) groups excluding carboxylic acids is 5. The van der Waals surface area contributed by atoms with E-state index < -0.39 is 72.3 Å². The Labute approximate surface area is 817 Å². The number of rotatable bonds is 2. The third kappa shape index (κ3) is 17.2. The highest BCUT2D eigenvalue weighted by atomic mass is 32.2. The monoisotopic (exact) mass is 1870 g/mol. The van der Waals surface area contributed by atoms with E-state index in [1.165, 1.54) is 39.2 Å². The maximum atomic E-state index is 13.4. The molecular formula is C119H122N6O13S. The predicted octanol–water partition coefficient (Wildman–Crippen LogP) is 22.8. The molecule has 0 unspecified atom stereocenters. The van der Waals surface area contributed by atoms with Gasteiger partial charge in [-0.2, -0.15) is 4.31 Å². The van der Waals surface area contributed by atoms with Crippen molar-refractivity contribution >= 4 is 101 Å². The normalized spacial score (nSPS) is 20.1. The van der Waals surface area contributed by atoms with E-state index in [1.807, 2.05) is 234 Å². The summed E-state index contributed by atoms with van der Waals surface area (Å²) in [5.41, 5.74) is 14.9. The molecule has 0 bridgehead atoms. The smallest absolute Gasteiger partial charge is 0.410 e. The minimum absolute atomic E-state index is 0.0142. The van der Waals surface area contributed by atoms with Gasteiger partial charge in [0.15, 0.2) is 0 Å². The molecule has 0 radical (unpaired) electrons. The van der Waals surface area contributed by atoms with Crippen molar-refractivity contribution in [1.82, 2.24) is 28.8 Å². The van der Waals surface area contributed by atoms with Crippen LogP contribution >= 0.6 is 0 Å². The molecular weight excluding hydrogens is 1750 g/mol. The molecule has 19 nitrogen and oxygen atoms in total. The van der Waals surface area contributed by atoms with Crippen molar-refractivity contribution in [2.45, 2.75) is 190 Å². The molecule has 5 amide bonds. The second-order valence-electron chi connectivity index (χ2n) is 40.8. The summed E-state index contributed by atoms with van der Waals surface area (Å²) in [5.74, 6) is 0.111. The summed E-state index contributed by atoms with van der Waals surface area (Å²) in [5, 5.41) is 0. The Morgan fingerprint density at radius 3 is 0.799 bits per heavy atom. The van der Waals surface area contributed by atoms with Crippen LogP contribution < -0.4 is 0 Å². The highest BCUT2D eigenvalue weighted by Gasteiger charge is 2.63. The Morgan fingerprint density at radius 1 is 0.295 bits per heavy atom. The largest absolute Gasteiger partial charge is 0.444 e. The summed E-state index contributed by atoms with van der Waals surface area (Å²) in [6.07, 6.45) is 28.6. The van der Waals surface area contributed by atoms with Crippen LogP contribution in [0.5, 0.6) is 0 Å². The third-order valence-electron chi connectivity index (χ3n) is 29.6. The van der Waals surface area contributed by atoms with Crippen molar-refractivity contribution in [3.63, 3.8) is 0 Å². The van der Waals surface area contributed by atoms with Crippen LogP contribution in [-0.4, -0.2) is 153 Å². The lowest BCUT2D eigenvalue weighted by Crippen LogP contribution is -2.55. The minimum atomic E-state index is -3.41. The first-order valence-electron chi connectivity index (χ1n) is 48.5. The lowest BCUT2D eigenvalue weighted by Gasteiger charge is -2.44. The molecule has 6 aliphatic heterocycles. The first kappa shape index (κ1) is 94.9. The van der Waals surface area contributed by atoms with Crippen LogP contribution in [-0.2, 0) is 80.8 Å². The number of amides is 5. The predicted molar refractivity (Wildman–Crippen MR) is 547 cm³/mol. The van der Waals surface area contributed by atoms with Gasteiger partial charge in [-0.3, -0.25) is 19.2 Å². The number of piperidine rings is 1. The van der Waals surface area contributed by atoms with E-state index >= 15 is 0 Å². The summed E-state index contributed by atoms with van der Waals surface area (Å²) in [4.78, 5) is 73.3. The maximum Gasteiger partial charge on any atom is 0.410 e. The average Bonchev–Trinajstić information content (AvgIpc) is 1.55. The second kappa shape index (κ2) is 36.3. The van der Waals surface area contributed by atoms with Gasteiger partial charge in [0.2, 0.25) is 27.7 Å². The van der Waals surface area contributed by atoms with Crippen LogP contribution in [0.3, 0.4) is 0 Å². The lowest BCUT2D eigenvalue weighted by molar-refractivity contribution is -0.170. The van der Waals surface area contributed by atoms with Gasteiger partial charge in [-0.1, -0.05) is 328 Å². The zero-order valence-electron chi connectivity index (χ0n) is 81.6. The molecule has 6 saturated heterocycles. The number of nitrogens with zero attached hydrogens (tertiary/aromatic N) is 6. The standard InChI is InChI=1S/C28H32N2O4.C26H23NO2.C24H25NO2.C21H21NO2.C20H21NO3S/c1-20(31)30-19-28(34-27(30)15-17-29(18-16-27)25(32)33-26(2,3)4)23-11-7-5-9-21(23)13-14-22-10-6-8-12-24(22)28;1-25(2)27(24(28)21-12-4-3-5-13-21)18-26(29-25)22-14-8-6-10-19(22)16-17-20-11-7-9-15-23(20)26;1-18(26)25-17-24(27-23(25)15-7-2-8-16-23)21-11-5-3-9-19(21)13-14-20-10-4-6-12-22(20)24;1-15(23)22-14-21(24-20(22,2)3)18-10-6-4-8-16(18)12-13-17-9-5-7-11-19(17)21;1-19(2)21(25(3,22)23)14-20(24-19)17-10-6-4-8-15(17)12-13-16-9-5-7-11-18(16)20/h5-14H,15-19H2,1-4H3;3-17H,18H2,1-2H3;3-6,9-14H,2,7-8,15-17H2,1H3;4-13H,14H2,1-3H3;4-13H,14H2,1-3H3. The molecule has 6 aliphatic carbocycles. The van der Waals surface area contributed by atoms with Gasteiger partial charge in [-0.25, -0.2) is 13.2 Å². The van der Waals surface area contributed by atoms with Crippen molar-refractivity contribution in [2.75, 3.05) is 52.1 Å².